The molecule has 0 atom stereocenters. The van der Waals surface area contributed by atoms with Crippen molar-refractivity contribution in [1.29, 1.82) is 0 Å². The monoisotopic (exact) mass is 238 g/mol. The molecule has 0 radical (unpaired) electrons. The molecule has 4 nitrogen and oxygen atoms in total. The van der Waals surface area contributed by atoms with Crippen LogP contribution in [-0.2, 0) is 4.74 Å². The van der Waals surface area contributed by atoms with Crippen molar-refractivity contribution in [2.75, 3.05) is 20.2 Å². The average Bonchev–Trinajstić information content (AvgIpc) is 2.73. The molecule has 86 valence electrons. The van der Waals surface area contributed by atoms with Gasteiger partial charge in [-0.05, 0) is 19.9 Å². The third-order valence-corrected chi connectivity index (χ3v) is 2.57. The Bertz CT molecular complexity index is 404. The van der Waals surface area contributed by atoms with Crippen molar-refractivity contribution in [2.24, 2.45) is 0 Å². The summed E-state index contributed by atoms with van der Waals surface area (Å²) < 4.78 is 4.86. The zero-order valence-corrected chi connectivity index (χ0v) is 10.2. The van der Waals surface area contributed by atoms with Crippen LogP contribution in [0.1, 0.15) is 28.0 Å². The number of aromatic nitrogens is 1. The number of hydrogen-bond acceptors (Lipinski definition) is 5. The highest BCUT2D eigenvalue weighted by molar-refractivity contribution is 7.14. The number of carbonyl (C=O) groups excluding carboxylic acids is 1. The SMILES string of the molecule is CCOC(=O)c1cnc(C#CCCNC)s1. The highest BCUT2D eigenvalue weighted by atomic mass is 32.1. The van der Waals surface area contributed by atoms with E-state index in [1.54, 1.807) is 6.92 Å². The summed E-state index contributed by atoms with van der Waals surface area (Å²) in [4.78, 5) is 15.9. The Morgan fingerprint density at radius 2 is 2.50 bits per heavy atom. The van der Waals surface area contributed by atoms with Crippen LogP contribution in [-0.4, -0.2) is 31.2 Å². The number of rotatable bonds is 4. The van der Waals surface area contributed by atoms with E-state index in [0.717, 1.165) is 13.0 Å². The number of nitrogens with one attached hydrogen (secondary N) is 1. The Kier molecular flexibility index (Phi) is 5.54. The van der Waals surface area contributed by atoms with Crippen LogP contribution in [0.5, 0.6) is 0 Å². The van der Waals surface area contributed by atoms with E-state index in [4.69, 9.17) is 4.74 Å². The van der Waals surface area contributed by atoms with Gasteiger partial charge in [0, 0.05) is 13.0 Å². The van der Waals surface area contributed by atoms with Gasteiger partial charge in [-0.25, -0.2) is 9.78 Å². The molecule has 1 aromatic rings. The van der Waals surface area contributed by atoms with Gasteiger partial charge < -0.3 is 10.1 Å². The first-order chi connectivity index (χ1) is 7.77. The van der Waals surface area contributed by atoms with E-state index in [1.165, 1.54) is 17.5 Å². The molecule has 1 aromatic heterocycles. The highest BCUT2D eigenvalue weighted by Gasteiger charge is 2.09. The molecule has 0 spiro atoms. The van der Waals surface area contributed by atoms with E-state index >= 15 is 0 Å². The number of hydrogen-bond donors (Lipinski definition) is 1. The molecule has 0 aliphatic heterocycles. The van der Waals surface area contributed by atoms with Crippen molar-refractivity contribution in [3.05, 3.63) is 16.1 Å². The van der Waals surface area contributed by atoms with Gasteiger partial charge in [-0.3, -0.25) is 0 Å². The van der Waals surface area contributed by atoms with Crippen molar-refractivity contribution >= 4 is 17.3 Å². The summed E-state index contributed by atoms with van der Waals surface area (Å²) >= 11 is 1.26. The summed E-state index contributed by atoms with van der Waals surface area (Å²) in [5.74, 6) is 5.55. The first-order valence-electron chi connectivity index (χ1n) is 5.04. The molecule has 0 bridgehead atoms. The minimum atomic E-state index is -0.330. The number of nitrogens with zero attached hydrogens (tertiary/aromatic N) is 1. The summed E-state index contributed by atoms with van der Waals surface area (Å²) in [6.07, 6.45) is 2.27. The van der Waals surface area contributed by atoms with Crippen LogP contribution in [0.2, 0.25) is 0 Å². The number of esters is 1. The van der Waals surface area contributed by atoms with Gasteiger partial charge in [0.15, 0.2) is 5.01 Å². The quantitative estimate of drug-likeness (QED) is 0.488. The predicted octanol–water partition coefficient (Wildman–Crippen LogP) is 1.28. The lowest BCUT2D eigenvalue weighted by molar-refractivity contribution is 0.0532. The zero-order valence-electron chi connectivity index (χ0n) is 9.37. The highest BCUT2D eigenvalue weighted by Crippen LogP contribution is 2.12. The Morgan fingerprint density at radius 3 is 3.19 bits per heavy atom. The largest absolute Gasteiger partial charge is 0.462 e. The molecule has 0 saturated carbocycles. The van der Waals surface area contributed by atoms with Gasteiger partial charge in [-0.2, -0.15) is 0 Å². The molecular formula is C11H14N2O2S. The molecule has 0 aliphatic rings. The predicted molar refractivity (Wildman–Crippen MR) is 63.5 cm³/mol. The molecule has 16 heavy (non-hydrogen) atoms. The van der Waals surface area contributed by atoms with Crippen molar-refractivity contribution in [2.45, 2.75) is 13.3 Å². The van der Waals surface area contributed by atoms with Crippen LogP contribution < -0.4 is 5.32 Å². The molecule has 5 heteroatoms. The van der Waals surface area contributed by atoms with Gasteiger partial charge in [0.2, 0.25) is 0 Å². The van der Waals surface area contributed by atoms with Crippen LogP contribution in [0.4, 0.5) is 0 Å². The van der Waals surface area contributed by atoms with Crippen molar-refractivity contribution < 1.29 is 9.53 Å². The standard InChI is InChI=1S/C11H14N2O2S/c1-3-15-11(14)9-8-13-10(16-9)6-4-5-7-12-2/h8,12H,3,5,7H2,1-2H3. The Balaban J connectivity index is 2.56. The van der Waals surface area contributed by atoms with Gasteiger partial charge in [-0.15, -0.1) is 0 Å². The fraction of sp³-hybridized carbons (Fsp3) is 0.455. The topological polar surface area (TPSA) is 51.2 Å². The number of ether oxygens (including phenoxy) is 1. The molecular weight excluding hydrogens is 224 g/mol. The van der Waals surface area contributed by atoms with Gasteiger partial charge in [0.1, 0.15) is 4.88 Å². The van der Waals surface area contributed by atoms with Crippen molar-refractivity contribution in [3.8, 4) is 11.8 Å². The first kappa shape index (κ1) is 12.7. The number of thiazole rings is 1. The molecule has 0 saturated heterocycles. The normalized spacial score (nSPS) is 9.38. The van der Waals surface area contributed by atoms with E-state index in [0.29, 0.717) is 16.5 Å². The summed E-state index contributed by atoms with van der Waals surface area (Å²) in [6, 6.07) is 0. The lowest BCUT2D eigenvalue weighted by atomic mass is 10.4. The Hall–Kier alpha value is -1.38. The summed E-state index contributed by atoms with van der Waals surface area (Å²) in [5, 5.41) is 3.65. The minimum absolute atomic E-state index is 0.330. The van der Waals surface area contributed by atoms with Crippen LogP contribution in [0, 0.1) is 11.8 Å². The molecule has 0 aliphatic carbocycles. The summed E-state index contributed by atoms with van der Waals surface area (Å²) in [6.45, 7) is 3.00. The van der Waals surface area contributed by atoms with E-state index in [9.17, 15) is 4.79 Å². The smallest absolute Gasteiger partial charge is 0.349 e. The number of carbonyl (C=O) groups is 1. The second kappa shape index (κ2) is 6.99. The second-order valence-corrected chi connectivity index (χ2v) is 3.94. The maximum Gasteiger partial charge on any atom is 0.349 e. The molecule has 0 fully saturated rings. The van der Waals surface area contributed by atoms with E-state index in [1.807, 2.05) is 7.05 Å². The molecule has 1 rings (SSSR count). The molecule has 1 heterocycles. The minimum Gasteiger partial charge on any atom is -0.462 e. The fourth-order valence-corrected chi connectivity index (χ4v) is 1.64. The Morgan fingerprint density at radius 1 is 1.69 bits per heavy atom. The van der Waals surface area contributed by atoms with E-state index in [-0.39, 0.29) is 5.97 Å². The second-order valence-electron chi connectivity index (χ2n) is 2.91. The molecule has 0 aromatic carbocycles. The lowest BCUT2D eigenvalue weighted by Crippen LogP contribution is -2.05. The average molecular weight is 238 g/mol. The molecule has 0 amide bonds. The van der Waals surface area contributed by atoms with Gasteiger partial charge in [0.05, 0.1) is 12.8 Å². The zero-order chi connectivity index (χ0) is 11.8. The fourth-order valence-electron chi connectivity index (χ4n) is 0.954. The molecule has 1 N–H and O–H groups in total. The van der Waals surface area contributed by atoms with Crippen LogP contribution in [0.3, 0.4) is 0 Å². The maximum absolute atomic E-state index is 11.3. The summed E-state index contributed by atoms with van der Waals surface area (Å²) in [7, 11) is 1.88. The third kappa shape index (κ3) is 4.01. The Labute approximate surface area is 99.0 Å². The van der Waals surface area contributed by atoms with Gasteiger partial charge in [-0.1, -0.05) is 17.3 Å². The van der Waals surface area contributed by atoms with Gasteiger partial charge >= 0.3 is 5.97 Å². The lowest BCUT2D eigenvalue weighted by Gasteiger charge is -1.95. The van der Waals surface area contributed by atoms with Crippen molar-refractivity contribution in [3.63, 3.8) is 0 Å². The third-order valence-electron chi connectivity index (χ3n) is 1.68. The van der Waals surface area contributed by atoms with Crippen LogP contribution in [0.25, 0.3) is 0 Å². The van der Waals surface area contributed by atoms with Crippen molar-refractivity contribution in [1.82, 2.24) is 10.3 Å². The maximum atomic E-state index is 11.3. The first-order valence-corrected chi connectivity index (χ1v) is 5.86. The van der Waals surface area contributed by atoms with E-state index < -0.39 is 0 Å². The van der Waals surface area contributed by atoms with Crippen LogP contribution >= 0.6 is 11.3 Å². The van der Waals surface area contributed by atoms with Gasteiger partial charge in [0.25, 0.3) is 0 Å². The van der Waals surface area contributed by atoms with Crippen LogP contribution in [0.15, 0.2) is 6.20 Å². The summed E-state index contributed by atoms with van der Waals surface area (Å²) in [5.41, 5.74) is 0. The van der Waals surface area contributed by atoms with E-state index in [2.05, 4.69) is 22.1 Å². The molecule has 0 unspecified atom stereocenters.